The number of benzene rings is 3. The second-order valence-electron chi connectivity index (χ2n) is 7.19. The highest BCUT2D eigenvalue weighted by Crippen LogP contribution is 2.31. The first-order chi connectivity index (χ1) is 16.1. The number of pyridine rings is 1. The summed E-state index contributed by atoms with van der Waals surface area (Å²) in [5.74, 6) is -1.05. The Bertz CT molecular complexity index is 1510. The monoisotopic (exact) mass is 517 g/mol. The number of esters is 1. The highest BCUT2D eigenvalue weighted by atomic mass is 79.9. The minimum absolute atomic E-state index is 0.355. The molecule has 0 aliphatic rings. The van der Waals surface area contributed by atoms with Crippen molar-refractivity contribution >= 4 is 66.0 Å². The maximum absolute atomic E-state index is 13.0. The van der Waals surface area contributed by atoms with Crippen molar-refractivity contribution in [3.05, 3.63) is 88.3 Å². The first-order valence-corrected chi connectivity index (χ1v) is 11.7. The molecule has 5 rings (SSSR count). The molecule has 0 aliphatic heterocycles. The normalized spacial score (nSPS) is 10.9. The number of rotatable bonds is 5. The fourth-order valence-corrected chi connectivity index (χ4v) is 4.73. The van der Waals surface area contributed by atoms with Gasteiger partial charge in [0.05, 0.1) is 26.8 Å². The van der Waals surface area contributed by atoms with E-state index in [-0.39, 0.29) is 0 Å². The van der Waals surface area contributed by atoms with Crippen molar-refractivity contribution in [3.63, 3.8) is 0 Å². The van der Waals surface area contributed by atoms with Crippen molar-refractivity contribution in [1.29, 1.82) is 0 Å². The number of nitrogens with zero attached hydrogens (tertiary/aromatic N) is 2. The van der Waals surface area contributed by atoms with Gasteiger partial charge < -0.3 is 4.74 Å². The van der Waals surface area contributed by atoms with Crippen LogP contribution in [-0.4, -0.2) is 28.5 Å². The van der Waals surface area contributed by atoms with Crippen molar-refractivity contribution in [2.45, 2.75) is 0 Å². The van der Waals surface area contributed by atoms with Crippen molar-refractivity contribution in [1.82, 2.24) is 9.97 Å². The molecule has 0 aliphatic carbocycles. The zero-order valence-corrected chi connectivity index (χ0v) is 19.5. The van der Waals surface area contributed by atoms with Gasteiger partial charge in [-0.05, 0) is 38.8 Å². The minimum atomic E-state index is -0.592. The number of ether oxygens (including phenoxy) is 1. The summed E-state index contributed by atoms with van der Waals surface area (Å²) >= 11 is 4.57. The number of aromatic nitrogens is 2. The van der Waals surface area contributed by atoms with E-state index in [4.69, 9.17) is 9.72 Å². The standard InChI is InChI=1S/C25H16BrN3O3S/c26-22-13-27-25(33-22)29-23(30)14-32-24(31)19-12-21(28-20-11-4-3-9-18(19)20)17-10-5-7-15-6-1-2-8-16(15)17/h1-13H,14H2,(H,27,29,30). The van der Waals surface area contributed by atoms with E-state index < -0.39 is 18.5 Å². The Balaban J connectivity index is 1.47. The van der Waals surface area contributed by atoms with Gasteiger partial charge >= 0.3 is 5.97 Å². The summed E-state index contributed by atoms with van der Waals surface area (Å²) in [6.07, 6.45) is 1.59. The predicted molar refractivity (Wildman–Crippen MR) is 133 cm³/mol. The highest BCUT2D eigenvalue weighted by molar-refractivity contribution is 9.11. The zero-order chi connectivity index (χ0) is 22.8. The maximum atomic E-state index is 13.0. The number of carbonyl (C=O) groups excluding carboxylic acids is 2. The average molecular weight is 518 g/mol. The Morgan fingerprint density at radius 3 is 2.55 bits per heavy atom. The van der Waals surface area contributed by atoms with Gasteiger partial charge in [-0.1, -0.05) is 72.0 Å². The molecule has 2 heterocycles. The van der Waals surface area contributed by atoms with Crippen LogP contribution in [0.3, 0.4) is 0 Å². The summed E-state index contributed by atoms with van der Waals surface area (Å²) in [5.41, 5.74) is 2.61. The number of thiazole rings is 1. The molecular weight excluding hydrogens is 502 g/mol. The fraction of sp³-hybridized carbons (Fsp3) is 0.0400. The Morgan fingerprint density at radius 2 is 1.73 bits per heavy atom. The van der Waals surface area contributed by atoms with Gasteiger partial charge in [-0.2, -0.15) is 0 Å². The SMILES string of the molecule is O=C(COC(=O)c1cc(-c2cccc3ccccc23)nc2ccccc12)Nc1ncc(Br)s1. The lowest BCUT2D eigenvalue weighted by Gasteiger charge is -2.11. The molecule has 0 saturated heterocycles. The van der Waals surface area contributed by atoms with Gasteiger partial charge in [0.1, 0.15) is 0 Å². The number of nitrogens with one attached hydrogen (secondary N) is 1. The smallest absolute Gasteiger partial charge is 0.339 e. The zero-order valence-electron chi connectivity index (χ0n) is 17.1. The number of fused-ring (bicyclic) bond motifs is 2. The van der Waals surface area contributed by atoms with E-state index in [9.17, 15) is 9.59 Å². The summed E-state index contributed by atoms with van der Waals surface area (Å²) in [7, 11) is 0. The van der Waals surface area contributed by atoms with Gasteiger partial charge in [0.2, 0.25) is 0 Å². The van der Waals surface area contributed by atoms with Gasteiger partial charge in [-0.3, -0.25) is 10.1 Å². The quantitative estimate of drug-likeness (QED) is 0.286. The molecule has 5 aromatic rings. The summed E-state index contributed by atoms with van der Waals surface area (Å²) in [6.45, 7) is -0.420. The number of carbonyl (C=O) groups is 2. The Morgan fingerprint density at radius 1 is 0.970 bits per heavy atom. The van der Waals surface area contributed by atoms with E-state index in [1.165, 1.54) is 11.3 Å². The van der Waals surface area contributed by atoms with E-state index in [1.807, 2.05) is 66.7 Å². The summed E-state index contributed by atoms with van der Waals surface area (Å²) < 4.78 is 6.13. The van der Waals surface area contributed by atoms with Gasteiger partial charge in [0.25, 0.3) is 5.91 Å². The molecular formula is C25H16BrN3O3S. The average Bonchev–Trinajstić information content (AvgIpc) is 3.25. The largest absolute Gasteiger partial charge is 0.452 e. The lowest BCUT2D eigenvalue weighted by molar-refractivity contribution is -0.119. The van der Waals surface area contributed by atoms with Gasteiger partial charge in [0.15, 0.2) is 11.7 Å². The minimum Gasteiger partial charge on any atom is -0.452 e. The van der Waals surface area contributed by atoms with Crippen molar-refractivity contribution in [3.8, 4) is 11.3 Å². The summed E-state index contributed by atoms with van der Waals surface area (Å²) in [5, 5.41) is 5.82. The summed E-state index contributed by atoms with van der Waals surface area (Å²) in [4.78, 5) is 34.1. The van der Waals surface area contributed by atoms with Crippen LogP contribution in [0, 0.1) is 0 Å². The molecule has 8 heteroatoms. The van der Waals surface area contributed by atoms with E-state index in [0.717, 1.165) is 20.1 Å². The number of para-hydroxylation sites is 1. The van der Waals surface area contributed by atoms with Crippen LogP contribution in [0.15, 0.2) is 82.8 Å². The topological polar surface area (TPSA) is 81.2 Å². The fourth-order valence-electron chi connectivity index (χ4n) is 3.61. The molecule has 0 bridgehead atoms. The third-order valence-corrected chi connectivity index (χ3v) is 6.45. The molecule has 1 N–H and O–H groups in total. The first kappa shape index (κ1) is 21.2. The molecule has 0 unspecified atom stereocenters. The number of amides is 1. The molecule has 2 aromatic heterocycles. The van der Waals surface area contributed by atoms with Crippen LogP contribution >= 0.6 is 27.3 Å². The van der Waals surface area contributed by atoms with E-state index in [0.29, 0.717) is 27.3 Å². The molecule has 3 aromatic carbocycles. The number of hydrogen-bond acceptors (Lipinski definition) is 6. The molecule has 33 heavy (non-hydrogen) atoms. The first-order valence-electron chi connectivity index (χ1n) is 10.0. The second kappa shape index (κ2) is 9.09. The Hall–Kier alpha value is -3.62. The lowest BCUT2D eigenvalue weighted by atomic mass is 9.99. The van der Waals surface area contributed by atoms with Crippen molar-refractivity contribution in [2.75, 3.05) is 11.9 Å². The van der Waals surface area contributed by atoms with Gasteiger partial charge in [-0.15, -0.1) is 0 Å². The molecule has 162 valence electrons. The number of hydrogen-bond donors (Lipinski definition) is 1. The highest BCUT2D eigenvalue weighted by Gasteiger charge is 2.18. The lowest BCUT2D eigenvalue weighted by Crippen LogP contribution is -2.21. The maximum Gasteiger partial charge on any atom is 0.339 e. The van der Waals surface area contributed by atoms with Gasteiger partial charge in [0, 0.05) is 10.9 Å². The predicted octanol–water partition coefficient (Wildman–Crippen LogP) is 6.07. The van der Waals surface area contributed by atoms with Crippen LogP contribution in [0.25, 0.3) is 32.9 Å². The van der Waals surface area contributed by atoms with Crippen LogP contribution in [0.2, 0.25) is 0 Å². The third kappa shape index (κ3) is 4.48. The molecule has 0 radical (unpaired) electrons. The molecule has 0 spiro atoms. The van der Waals surface area contributed by atoms with Crippen LogP contribution in [0.4, 0.5) is 5.13 Å². The molecule has 1 amide bonds. The third-order valence-electron chi connectivity index (χ3n) is 5.06. The van der Waals surface area contributed by atoms with E-state index in [1.54, 1.807) is 12.3 Å². The van der Waals surface area contributed by atoms with Crippen LogP contribution in [0.5, 0.6) is 0 Å². The number of anilines is 1. The summed E-state index contributed by atoms with van der Waals surface area (Å²) in [6, 6.07) is 23.1. The molecule has 6 nitrogen and oxygen atoms in total. The molecule has 0 saturated carbocycles. The second-order valence-corrected chi connectivity index (χ2v) is 9.60. The van der Waals surface area contributed by atoms with E-state index >= 15 is 0 Å². The van der Waals surface area contributed by atoms with Crippen LogP contribution in [-0.2, 0) is 9.53 Å². The Labute approximate surface area is 201 Å². The Kier molecular flexibility index (Phi) is 5.85. The number of halogens is 1. The van der Waals surface area contributed by atoms with Crippen LogP contribution < -0.4 is 5.32 Å². The van der Waals surface area contributed by atoms with Gasteiger partial charge in [-0.25, -0.2) is 14.8 Å². The van der Waals surface area contributed by atoms with Crippen LogP contribution in [0.1, 0.15) is 10.4 Å². The molecule has 0 fully saturated rings. The van der Waals surface area contributed by atoms with Crippen molar-refractivity contribution < 1.29 is 14.3 Å². The van der Waals surface area contributed by atoms with Crippen molar-refractivity contribution in [2.24, 2.45) is 0 Å². The molecule has 0 atom stereocenters. The van der Waals surface area contributed by atoms with E-state index in [2.05, 4.69) is 26.2 Å².